The Balaban J connectivity index is 1.83. The number of carboxylic acid groups (broad SMARTS) is 1. The van der Waals surface area contributed by atoms with E-state index < -0.39 is 22.0 Å². The molecule has 1 aromatic heterocycles. The molecule has 36 heavy (non-hydrogen) atoms. The highest BCUT2D eigenvalue weighted by Gasteiger charge is 2.31. The first-order chi connectivity index (χ1) is 17.0. The number of sulfonamides is 1. The number of hydrogen-bond donors (Lipinski definition) is 3. The first kappa shape index (κ1) is 25.4. The zero-order valence-electron chi connectivity index (χ0n) is 20.4. The van der Waals surface area contributed by atoms with Crippen molar-refractivity contribution < 1.29 is 27.9 Å². The lowest BCUT2D eigenvalue weighted by atomic mass is 10.2. The topological polar surface area (TPSA) is 140 Å². The van der Waals surface area contributed by atoms with Crippen LogP contribution in [0, 0.1) is 19.8 Å². The van der Waals surface area contributed by atoms with E-state index in [-0.39, 0.29) is 39.6 Å². The molecule has 2 aromatic carbocycles. The molecule has 0 spiro atoms. The van der Waals surface area contributed by atoms with Gasteiger partial charge in [0.1, 0.15) is 10.6 Å². The van der Waals surface area contributed by atoms with E-state index in [2.05, 4.69) is 15.1 Å². The molecule has 0 atom stereocenters. The SMILES string of the molecule is Cc1ccccc1-n1nc(C(=O)O)c(C)c1Oc1ccc(NC(=O)C2CC2)cc1S(=O)(=O)NC(C)C. The number of carbonyl (C=O) groups is 2. The van der Waals surface area contributed by atoms with Crippen molar-refractivity contribution in [2.75, 3.05) is 5.32 Å². The van der Waals surface area contributed by atoms with Crippen LogP contribution >= 0.6 is 0 Å². The van der Waals surface area contributed by atoms with Gasteiger partial charge in [-0.3, -0.25) is 4.79 Å². The van der Waals surface area contributed by atoms with E-state index in [9.17, 15) is 23.1 Å². The number of hydrogen-bond acceptors (Lipinski definition) is 6. The molecule has 3 aromatic rings. The van der Waals surface area contributed by atoms with Crippen LogP contribution in [0.1, 0.15) is 48.3 Å². The summed E-state index contributed by atoms with van der Waals surface area (Å²) in [6, 6.07) is 11.1. The molecule has 1 saturated carbocycles. The molecule has 1 aliphatic carbocycles. The third kappa shape index (κ3) is 5.26. The summed E-state index contributed by atoms with van der Waals surface area (Å²) in [5.74, 6) is -1.43. The fourth-order valence-electron chi connectivity index (χ4n) is 3.72. The average Bonchev–Trinajstić information content (AvgIpc) is 3.59. The van der Waals surface area contributed by atoms with Crippen LogP contribution < -0.4 is 14.8 Å². The monoisotopic (exact) mass is 512 g/mol. The minimum absolute atomic E-state index is 0.0395. The summed E-state index contributed by atoms with van der Waals surface area (Å²) in [5.41, 5.74) is 1.73. The minimum Gasteiger partial charge on any atom is -0.476 e. The van der Waals surface area contributed by atoms with Crippen LogP contribution in [-0.2, 0) is 14.8 Å². The molecule has 0 bridgehead atoms. The van der Waals surface area contributed by atoms with Gasteiger partial charge in [-0.1, -0.05) is 18.2 Å². The Morgan fingerprint density at radius 2 is 1.83 bits per heavy atom. The number of anilines is 1. The molecule has 4 rings (SSSR count). The summed E-state index contributed by atoms with van der Waals surface area (Å²) < 4.78 is 36.4. The summed E-state index contributed by atoms with van der Waals surface area (Å²) in [7, 11) is -4.05. The van der Waals surface area contributed by atoms with E-state index in [0.717, 1.165) is 18.4 Å². The van der Waals surface area contributed by atoms with Gasteiger partial charge in [-0.15, -0.1) is 0 Å². The normalized spacial score (nSPS) is 13.6. The van der Waals surface area contributed by atoms with E-state index in [0.29, 0.717) is 11.4 Å². The first-order valence-electron chi connectivity index (χ1n) is 11.5. The van der Waals surface area contributed by atoms with Crippen LogP contribution in [0.2, 0.25) is 0 Å². The molecule has 0 aliphatic heterocycles. The molecule has 0 radical (unpaired) electrons. The van der Waals surface area contributed by atoms with Gasteiger partial charge >= 0.3 is 5.97 Å². The number of amides is 1. The van der Waals surface area contributed by atoms with Gasteiger partial charge in [0.05, 0.1) is 5.69 Å². The molecule has 3 N–H and O–H groups in total. The molecule has 0 saturated heterocycles. The van der Waals surface area contributed by atoms with Crippen LogP contribution in [0.25, 0.3) is 5.69 Å². The summed E-state index contributed by atoms with van der Waals surface area (Å²) in [6.07, 6.45) is 1.61. The predicted molar refractivity (Wildman–Crippen MR) is 133 cm³/mol. The number of carboxylic acids is 1. The summed E-state index contributed by atoms with van der Waals surface area (Å²) in [6.45, 7) is 6.77. The van der Waals surface area contributed by atoms with E-state index in [1.54, 1.807) is 39.0 Å². The lowest BCUT2D eigenvalue weighted by molar-refractivity contribution is -0.117. The zero-order valence-corrected chi connectivity index (χ0v) is 21.2. The first-order valence-corrected chi connectivity index (χ1v) is 13.0. The van der Waals surface area contributed by atoms with Crippen molar-refractivity contribution in [2.45, 2.75) is 51.5 Å². The number of aromatic nitrogens is 2. The number of ether oxygens (including phenoxy) is 1. The Labute approximate surface area is 209 Å². The standard InChI is InChI=1S/C25H28N4O6S/c1-14(2)28-36(33,34)21-13-18(26-23(30)17-9-10-17)11-12-20(21)35-24-16(4)22(25(31)32)27-29(24)19-8-6-5-7-15(19)3/h5-8,11-14,17,28H,9-10H2,1-4H3,(H,26,30)(H,31,32). The van der Waals surface area contributed by atoms with E-state index in [1.165, 1.54) is 16.8 Å². The van der Waals surface area contributed by atoms with Crippen molar-refractivity contribution in [1.29, 1.82) is 0 Å². The van der Waals surface area contributed by atoms with Crippen LogP contribution in [0.15, 0.2) is 47.4 Å². The Morgan fingerprint density at radius 1 is 1.14 bits per heavy atom. The predicted octanol–water partition coefficient (Wildman–Crippen LogP) is 4.01. The molecule has 1 aliphatic rings. The second kappa shape index (κ2) is 9.75. The number of benzene rings is 2. The van der Waals surface area contributed by atoms with Gasteiger partial charge in [0, 0.05) is 23.2 Å². The average molecular weight is 513 g/mol. The molecular weight excluding hydrogens is 484 g/mol. The van der Waals surface area contributed by atoms with Crippen LogP contribution in [0.4, 0.5) is 5.69 Å². The number of rotatable bonds is 9. The number of carbonyl (C=O) groups excluding carboxylic acids is 1. The fourth-order valence-corrected chi connectivity index (χ4v) is 5.12. The van der Waals surface area contributed by atoms with Crippen molar-refractivity contribution in [3.8, 4) is 17.3 Å². The smallest absolute Gasteiger partial charge is 0.356 e. The van der Waals surface area contributed by atoms with E-state index in [4.69, 9.17) is 4.74 Å². The van der Waals surface area contributed by atoms with Gasteiger partial charge in [0.15, 0.2) is 5.69 Å². The largest absolute Gasteiger partial charge is 0.476 e. The van der Waals surface area contributed by atoms with Crippen molar-refractivity contribution in [1.82, 2.24) is 14.5 Å². The number of nitrogens with one attached hydrogen (secondary N) is 2. The quantitative estimate of drug-likeness (QED) is 0.393. The number of aryl methyl sites for hydroxylation is 1. The lowest BCUT2D eigenvalue weighted by Gasteiger charge is -2.17. The second-order valence-electron chi connectivity index (χ2n) is 9.09. The number of nitrogens with zero attached hydrogens (tertiary/aromatic N) is 2. The molecule has 0 unspecified atom stereocenters. The Morgan fingerprint density at radius 3 is 2.44 bits per heavy atom. The third-order valence-corrected chi connectivity index (χ3v) is 7.34. The van der Waals surface area contributed by atoms with Crippen molar-refractivity contribution in [3.63, 3.8) is 0 Å². The van der Waals surface area contributed by atoms with E-state index >= 15 is 0 Å². The highest BCUT2D eigenvalue weighted by atomic mass is 32.2. The Bertz CT molecular complexity index is 1440. The lowest BCUT2D eigenvalue weighted by Crippen LogP contribution is -2.30. The highest BCUT2D eigenvalue weighted by molar-refractivity contribution is 7.89. The zero-order chi connectivity index (χ0) is 26.2. The number of aromatic carboxylic acids is 1. The maximum atomic E-state index is 13.2. The maximum Gasteiger partial charge on any atom is 0.356 e. The second-order valence-corrected chi connectivity index (χ2v) is 10.8. The molecule has 1 fully saturated rings. The van der Waals surface area contributed by atoms with Crippen molar-refractivity contribution in [2.24, 2.45) is 5.92 Å². The Hall–Kier alpha value is -3.70. The highest BCUT2D eigenvalue weighted by Crippen LogP contribution is 2.36. The number of para-hydroxylation sites is 1. The Kier molecular flexibility index (Phi) is 6.87. The minimum atomic E-state index is -4.05. The van der Waals surface area contributed by atoms with Gasteiger partial charge in [0.25, 0.3) is 0 Å². The molecular formula is C25H28N4O6S. The van der Waals surface area contributed by atoms with Gasteiger partial charge in [-0.25, -0.2) is 17.9 Å². The van der Waals surface area contributed by atoms with Crippen molar-refractivity contribution in [3.05, 3.63) is 59.3 Å². The third-order valence-electron chi connectivity index (χ3n) is 5.66. The summed E-state index contributed by atoms with van der Waals surface area (Å²) in [5, 5.41) is 16.6. The molecule has 1 amide bonds. The summed E-state index contributed by atoms with van der Waals surface area (Å²) >= 11 is 0. The molecule has 190 valence electrons. The maximum absolute atomic E-state index is 13.2. The molecule has 10 nitrogen and oxygen atoms in total. The van der Waals surface area contributed by atoms with Crippen molar-refractivity contribution >= 4 is 27.6 Å². The van der Waals surface area contributed by atoms with Crippen LogP contribution in [-0.4, -0.2) is 41.2 Å². The van der Waals surface area contributed by atoms with Gasteiger partial charge in [-0.05, 0) is 70.4 Å². The van der Waals surface area contributed by atoms with E-state index in [1.807, 2.05) is 19.1 Å². The molecule has 1 heterocycles. The summed E-state index contributed by atoms with van der Waals surface area (Å²) in [4.78, 5) is 23.9. The molecule has 11 heteroatoms. The fraction of sp³-hybridized carbons (Fsp3) is 0.320. The van der Waals surface area contributed by atoms with Crippen LogP contribution in [0.3, 0.4) is 0 Å². The van der Waals surface area contributed by atoms with Gasteiger partial charge in [0.2, 0.25) is 21.8 Å². The van der Waals surface area contributed by atoms with Gasteiger partial charge < -0.3 is 15.2 Å². The van der Waals surface area contributed by atoms with Gasteiger partial charge in [-0.2, -0.15) is 9.78 Å². The van der Waals surface area contributed by atoms with Crippen LogP contribution in [0.5, 0.6) is 11.6 Å².